The molecule has 2 unspecified atom stereocenters. The van der Waals surface area contributed by atoms with Gasteiger partial charge in [0.1, 0.15) is 17.1 Å². The smallest absolute Gasteiger partial charge is 0.135 e. The van der Waals surface area contributed by atoms with E-state index in [1.165, 1.54) is 49.6 Å². The van der Waals surface area contributed by atoms with Crippen molar-refractivity contribution in [3.8, 4) is 34.0 Å². The van der Waals surface area contributed by atoms with Gasteiger partial charge >= 0.3 is 0 Å². The van der Waals surface area contributed by atoms with Gasteiger partial charge in [0.25, 0.3) is 0 Å². The molecule has 2 atom stereocenters. The van der Waals surface area contributed by atoms with E-state index in [1.807, 2.05) is 24.3 Å². The summed E-state index contributed by atoms with van der Waals surface area (Å²) in [7, 11) is 0. The second-order valence-electron chi connectivity index (χ2n) is 15.9. The lowest BCUT2D eigenvalue weighted by molar-refractivity contribution is 0.567. The van der Waals surface area contributed by atoms with Gasteiger partial charge < -0.3 is 13.9 Å². The third-order valence-electron chi connectivity index (χ3n) is 12.7. The van der Waals surface area contributed by atoms with Crippen LogP contribution in [0.1, 0.15) is 42.0 Å². The van der Waals surface area contributed by atoms with Crippen LogP contribution in [-0.4, -0.2) is 10.6 Å². The summed E-state index contributed by atoms with van der Waals surface area (Å²) >= 11 is 0. The van der Waals surface area contributed by atoms with Gasteiger partial charge in [-0.2, -0.15) is 5.26 Å². The van der Waals surface area contributed by atoms with E-state index in [2.05, 4.69) is 169 Å². The van der Waals surface area contributed by atoms with Crippen molar-refractivity contribution in [1.29, 1.82) is 5.26 Å². The molecule has 12 rings (SSSR count). The molecule has 0 bridgehead atoms. The molecule has 3 heterocycles. The van der Waals surface area contributed by atoms with Crippen molar-refractivity contribution >= 4 is 56.3 Å². The fourth-order valence-electron chi connectivity index (χ4n) is 10.4. The molecule has 0 spiro atoms. The third kappa shape index (κ3) is 4.07. The van der Waals surface area contributed by atoms with Gasteiger partial charge in [0.05, 0.1) is 28.3 Å². The number of hydrogen-bond acceptors (Lipinski definition) is 3. The van der Waals surface area contributed by atoms with Crippen LogP contribution in [0.3, 0.4) is 0 Å². The number of anilines is 2. The van der Waals surface area contributed by atoms with Gasteiger partial charge in [0.15, 0.2) is 0 Å². The van der Waals surface area contributed by atoms with E-state index >= 15 is 0 Å². The number of benzene rings is 7. The molecule has 0 amide bonds. The van der Waals surface area contributed by atoms with E-state index in [9.17, 15) is 5.26 Å². The molecular weight excluding hydrogens is 683 g/mol. The van der Waals surface area contributed by atoms with E-state index in [-0.39, 0.29) is 17.4 Å². The summed E-state index contributed by atoms with van der Waals surface area (Å²) < 4.78 is 8.94. The molecule has 264 valence electrons. The lowest BCUT2D eigenvalue weighted by atomic mass is 9.81. The summed E-state index contributed by atoms with van der Waals surface area (Å²) in [6.07, 6.45) is 4.65. The maximum atomic E-state index is 10.8. The van der Waals surface area contributed by atoms with Gasteiger partial charge in [-0.1, -0.05) is 135 Å². The Bertz CT molecular complexity index is 3340. The Labute approximate surface area is 324 Å². The zero-order chi connectivity index (χ0) is 37.3. The summed E-state index contributed by atoms with van der Waals surface area (Å²) in [5.41, 5.74) is 16.4. The minimum absolute atomic E-state index is 0.0688. The first-order valence-corrected chi connectivity index (χ1v) is 19.4. The molecule has 7 aromatic carbocycles. The lowest BCUT2D eigenvalue weighted by Crippen LogP contribution is -2.37. The number of rotatable bonds is 3. The van der Waals surface area contributed by atoms with Gasteiger partial charge in [0.2, 0.25) is 0 Å². The first-order chi connectivity index (χ1) is 27.5. The molecule has 0 N–H and O–H groups in total. The summed E-state index contributed by atoms with van der Waals surface area (Å²) in [5, 5.41) is 15.6. The molecule has 3 aliphatic rings. The Kier molecular flexibility index (Phi) is 6.27. The maximum absolute atomic E-state index is 10.8. The first kappa shape index (κ1) is 31.3. The van der Waals surface area contributed by atoms with Crippen LogP contribution in [0.5, 0.6) is 0 Å². The average Bonchev–Trinajstić information content (AvgIpc) is 3.94. The van der Waals surface area contributed by atoms with Gasteiger partial charge in [-0.25, -0.2) is 0 Å². The Morgan fingerprint density at radius 3 is 2.34 bits per heavy atom. The SMILES string of the molecule is CC1(C)c2ccccc2-c2ccc3c4ccccc4n(-c4cccc(-c5cccc(C#N)c5N5c6ccccc6C6C=c7c(oc8ccccc78)=CC65)c4)c3c21. The Morgan fingerprint density at radius 2 is 1.43 bits per heavy atom. The van der Waals surface area contributed by atoms with Crippen molar-refractivity contribution < 1.29 is 4.42 Å². The standard InChI is InChI=1S/C52H35N3O/c1-52(2)43-21-7-3-16-35(43)39-25-26-40-36-17-4-8-22-44(36)54(51(40)49(39)52)33-15-11-13-31(27-33)34-20-12-14-32(30-53)50(34)55-45-23-9-5-18-37(45)41-28-42-38-19-6-10-24-47(38)56-48(42)29-46(41)55/h3-29,41,46H,1-2H3. The molecule has 2 aliphatic carbocycles. The van der Waals surface area contributed by atoms with E-state index in [1.54, 1.807) is 0 Å². The highest BCUT2D eigenvalue weighted by atomic mass is 16.3. The highest BCUT2D eigenvalue weighted by Gasteiger charge is 2.41. The van der Waals surface area contributed by atoms with Crippen molar-refractivity contribution in [3.63, 3.8) is 0 Å². The van der Waals surface area contributed by atoms with Crippen LogP contribution in [0.25, 0.3) is 72.9 Å². The first-order valence-electron chi connectivity index (χ1n) is 19.4. The number of aromatic nitrogens is 1. The van der Waals surface area contributed by atoms with Crippen molar-refractivity contribution in [1.82, 2.24) is 4.57 Å². The molecule has 4 heteroatoms. The zero-order valence-electron chi connectivity index (χ0n) is 31.0. The third-order valence-corrected chi connectivity index (χ3v) is 12.7. The number of hydrogen-bond donors (Lipinski definition) is 0. The molecule has 0 saturated heterocycles. The summed E-state index contributed by atoms with van der Waals surface area (Å²) in [4.78, 5) is 2.39. The predicted octanol–water partition coefficient (Wildman–Crippen LogP) is 11.3. The molecule has 0 radical (unpaired) electrons. The van der Waals surface area contributed by atoms with E-state index in [0.29, 0.717) is 5.56 Å². The van der Waals surface area contributed by atoms with Crippen molar-refractivity contribution in [2.24, 2.45) is 0 Å². The van der Waals surface area contributed by atoms with E-state index < -0.39 is 0 Å². The van der Waals surface area contributed by atoms with Crippen LogP contribution in [0.2, 0.25) is 0 Å². The fraction of sp³-hybridized carbons (Fsp3) is 0.0962. The van der Waals surface area contributed by atoms with Crippen LogP contribution >= 0.6 is 0 Å². The minimum Gasteiger partial charge on any atom is -0.456 e. The van der Waals surface area contributed by atoms with Crippen molar-refractivity contribution in [2.45, 2.75) is 31.2 Å². The number of furan rings is 1. The second-order valence-corrected chi connectivity index (χ2v) is 15.9. The quantitative estimate of drug-likeness (QED) is 0.183. The highest BCUT2D eigenvalue weighted by molar-refractivity contribution is 6.13. The number of para-hydroxylation sites is 4. The van der Waals surface area contributed by atoms with Crippen molar-refractivity contribution in [3.05, 3.63) is 185 Å². The summed E-state index contributed by atoms with van der Waals surface area (Å²) in [6.45, 7) is 4.73. The molecule has 2 aromatic heterocycles. The van der Waals surface area contributed by atoms with Crippen LogP contribution in [-0.2, 0) is 5.41 Å². The second kappa shape index (κ2) is 11.2. The van der Waals surface area contributed by atoms with Crippen LogP contribution in [0.15, 0.2) is 156 Å². The summed E-state index contributed by atoms with van der Waals surface area (Å²) in [6, 6.07) is 56.8. The van der Waals surface area contributed by atoms with Gasteiger partial charge in [-0.3, -0.25) is 0 Å². The molecular formula is C52H35N3O. The normalized spacial score (nSPS) is 17.1. The molecule has 56 heavy (non-hydrogen) atoms. The number of fused-ring (bicyclic) bond motifs is 13. The topological polar surface area (TPSA) is 45.1 Å². The number of nitriles is 1. The van der Waals surface area contributed by atoms with Gasteiger partial charge in [0, 0.05) is 49.6 Å². The van der Waals surface area contributed by atoms with Gasteiger partial charge in [-0.05, 0) is 75.9 Å². The predicted molar refractivity (Wildman–Crippen MR) is 228 cm³/mol. The molecule has 1 aliphatic heterocycles. The number of nitrogens with zero attached hydrogens (tertiary/aromatic N) is 3. The molecule has 0 saturated carbocycles. The largest absolute Gasteiger partial charge is 0.456 e. The highest BCUT2D eigenvalue weighted by Crippen LogP contribution is 2.54. The molecule has 9 aromatic rings. The Morgan fingerprint density at radius 1 is 0.661 bits per heavy atom. The van der Waals surface area contributed by atoms with Gasteiger partial charge in [-0.15, -0.1) is 0 Å². The van der Waals surface area contributed by atoms with Crippen LogP contribution in [0.4, 0.5) is 11.4 Å². The fourth-order valence-corrected chi connectivity index (χ4v) is 10.4. The lowest BCUT2D eigenvalue weighted by Gasteiger charge is -2.31. The van der Waals surface area contributed by atoms with E-state index in [4.69, 9.17) is 4.42 Å². The maximum Gasteiger partial charge on any atom is 0.135 e. The molecule has 0 fully saturated rings. The summed E-state index contributed by atoms with van der Waals surface area (Å²) in [5.74, 6) is 0.0952. The minimum atomic E-state index is -0.184. The average molecular weight is 718 g/mol. The molecule has 4 nitrogen and oxygen atoms in total. The van der Waals surface area contributed by atoms with Crippen molar-refractivity contribution in [2.75, 3.05) is 4.90 Å². The zero-order valence-corrected chi connectivity index (χ0v) is 31.0. The van der Waals surface area contributed by atoms with Crippen LogP contribution < -0.4 is 15.5 Å². The van der Waals surface area contributed by atoms with Crippen LogP contribution in [0, 0.1) is 11.3 Å². The Hall–Kier alpha value is -7.09. The Balaban J connectivity index is 1.09. The van der Waals surface area contributed by atoms with E-state index in [0.717, 1.165) is 49.8 Å². The monoisotopic (exact) mass is 717 g/mol.